The van der Waals surface area contributed by atoms with Crippen molar-refractivity contribution in [3.8, 4) is 11.5 Å². The van der Waals surface area contributed by atoms with E-state index in [1.165, 1.54) is 0 Å². The molecule has 8 heteroatoms. The van der Waals surface area contributed by atoms with E-state index in [2.05, 4.69) is 32.2 Å². The van der Waals surface area contributed by atoms with Crippen molar-refractivity contribution in [3.63, 3.8) is 0 Å². The molecule has 0 spiro atoms. The first-order chi connectivity index (χ1) is 16.0. The van der Waals surface area contributed by atoms with Crippen molar-refractivity contribution in [2.24, 2.45) is 0 Å². The second-order valence-corrected chi connectivity index (χ2v) is 9.29. The normalized spacial score (nSPS) is 13.6. The second-order valence-electron chi connectivity index (χ2n) is 7.59. The predicted molar refractivity (Wildman–Crippen MR) is 138 cm³/mol. The zero-order chi connectivity index (χ0) is 23.2. The van der Waals surface area contributed by atoms with Crippen LogP contribution in [-0.2, 0) is 17.9 Å². The zero-order valence-electron chi connectivity index (χ0n) is 18.2. The van der Waals surface area contributed by atoms with Crippen molar-refractivity contribution < 1.29 is 14.2 Å². The van der Waals surface area contributed by atoms with Crippen molar-refractivity contribution in [2.45, 2.75) is 13.2 Å². The Morgan fingerprint density at radius 2 is 1.79 bits per heavy atom. The third-order valence-electron chi connectivity index (χ3n) is 5.45. The topological polar surface area (TPSA) is 43.0 Å². The van der Waals surface area contributed by atoms with E-state index in [9.17, 15) is 0 Å². The van der Waals surface area contributed by atoms with Crippen LogP contribution >= 0.6 is 39.1 Å². The molecule has 174 valence electrons. The van der Waals surface area contributed by atoms with Gasteiger partial charge >= 0.3 is 0 Å². The lowest BCUT2D eigenvalue weighted by molar-refractivity contribution is 0.122. The molecule has 0 amide bonds. The number of hydrogen-bond acceptors (Lipinski definition) is 5. The zero-order valence-corrected chi connectivity index (χ0v) is 21.3. The summed E-state index contributed by atoms with van der Waals surface area (Å²) in [6, 6.07) is 17.5. The number of hydrogen-bond donors (Lipinski definition) is 1. The Morgan fingerprint density at radius 1 is 1.03 bits per heavy atom. The summed E-state index contributed by atoms with van der Waals surface area (Å²) in [7, 11) is 1.64. The number of rotatable bonds is 8. The van der Waals surface area contributed by atoms with Gasteiger partial charge in [0.15, 0.2) is 11.5 Å². The maximum atomic E-state index is 6.60. The molecule has 1 fully saturated rings. The molecule has 3 aromatic rings. The van der Waals surface area contributed by atoms with Gasteiger partial charge in [-0.05, 0) is 48.0 Å². The SMILES string of the molecule is COc1ccc(Br)c(CNc2ccc(N3CCOCC3)c(Cl)c2)c1OCc1ccc(Cl)cc1. The van der Waals surface area contributed by atoms with Crippen LogP contribution in [0.4, 0.5) is 11.4 Å². The minimum Gasteiger partial charge on any atom is -0.493 e. The van der Waals surface area contributed by atoms with E-state index in [1.807, 2.05) is 48.5 Å². The third kappa shape index (κ3) is 6.07. The van der Waals surface area contributed by atoms with Crippen LogP contribution < -0.4 is 19.7 Å². The number of nitrogens with zero attached hydrogens (tertiary/aromatic N) is 1. The van der Waals surface area contributed by atoms with Crippen LogP contribution in [0.25, 0.3) is 0 Å². The first-order valence-electron chi connectivity index (χ1n) is 10.6. The summed E-state index contributed by atoms with van der Waals surface area (Å²) in [5.74, 6) is 1.36. The summed E-state index contributed by atoms with van der Waals surface area (Å²) in [6.45, 7) is 4.06. The van der Waals surface area contributed by atoms with E-state index < -0.39 is 0 Å². The maximum absolute atomic E-state index is 6.60. The quantitative estimate of drug-likeness (QED) is 0.334. The largest absolute Gasteiger partial charge is 0.493 e. The smallest absolute Gasteiger partial charge is 0.167 e. The Hall–Kier alpha value is -2.12. The molecular weight excluding hydrogens is 527 g/mol. The molecule has 0 saturated carbocycles. The monoisotopic (exact) mass is 550 g/mol. The fourth-order valence-electron chi connectivity index (χ4n) is 3.67. The van der Waals surface area contributed by atoms with Gasteiger partial charge < -0.3 is 24.4 Å². The minimum absolute atomic E-state index is 0.400. The van der Waals surface area contributed by atoms with Gasteiger partial charge in [0, 0.05) is 40.4 Å². The lowest BCUT2D eigenvalue weighted by Gasteiger charge is -2.29. The summed E-state index contributed by atoms with van der Waals surface area (Å²) in [5.41, 5.74) is 3.93. The first kappa shape index (κ1) is 24.0. The molecule has 4 rings (SSSR count). The van der Waals surface area contributed by atoms with E-state index in [1.54, 1.807) is 7.11 Å². The third-order valence-corrected chi connectivity index (χ3v) is 6.75. The van der Waals surface area contributed by atoms with Gasteiger partial charge in [-0.15, -0.1) is 0 Å². The number of methoxy groups -OCH3 is 1. The molecule has 1 heterocycles. The average molecular weight is 552 g/mol. The van der Waals surface area contributed by atoms with E-state index >= 15 is 0 Å². The van der Waals surface area contributed by atoms with Crippen LogP contribution in [0.3, 0.4) is 0 Å². The molecule has 1 saturated heterocycles. The predicted octanol–water partition coefficient (Wildman–Crippen LogP) is 6.79. The van der Waals surface area contributed by atoms with Crippen LogP contribution in [0.2, 0.25) is 10.0 Å². The van der Waals surface area contributed by atoms with Crippen molar-refractivity contribution in [1.82, 2.24) is 0 Å². The van der Waals surface area contributed by atoms with Gasteiger partial charge in [0.2, 0.25) is 0 Å². The van der Waals surface area contributed by atoms with Crippen LogP contribution in [0, 0.1) is 0 Å². The van der Waals surface area contributed by atoms with Crippen molar-refractivity contribution in [2.75, 3.05) is 43.6 Å². The Morgan fingerprint density at radius 3 is 2.48 bits per heavy atom. The second kappa shape index (κ2) is 11.3. The molecular formula is C25H25BrCl2N2O3. The molecule has 0 radical (unpaired) electrons. The number of benzene rings is 3. The highest BCUT2D eigenvalue weighted by atomic mass is 79.9. The Bertz CT molecular complexity index is 1090. The van der Waals surface area contributed by atoms with Gasteiger partial charge in [0.05, 0.1) is 31.0 Å². The highest BCUT2D eigenvalue weighted by Crippen LogP contribution is 2.38. The minimum atomic E-state index is 0.400. The highest BCUT2D eigenvalue weighted by Gasteiger charge is 2.17. The molecule has 1 N–H and O–H groups in total. The number of nitrogens with one attached hydrogen (secondary N) is 1. The Labute approximate surface area is 212 Å². The summed E-state index contributed by atoms with van der Waals surface area (Å²) in [6.07, 6.45) is 0. The number of morpholine rings is 1. The Balaban J connectivity index is 1.50. The molecule has 0 bridgehead atoms. The molecule has 33 heavy (non-hydrogen) atoms. The molecule has 5 nitrogen and oxygen atoms in total. The van der Waals surface area contributed by atoms with Crippen LogP contribution in [-0.4, -0.2) is 33.4 Å². The van der Waals surface area contributed by atoms with Gasteiger partial charge in [0.25, 0.3) is 0 Å². The first-order valence-corrected chi connectivity index (χ1v) is 12.2. The lowest BCUT2D eigenvalue weighted by atomic mass is 10.1. The number of anilines is 2. The van der Waals surface area contributed by atoms with Crippen molar-refractivity contribution in [1.29, 1.82) is 0 Å². The molecule has 3 aromatic carbocycles. The Kier molecular flexibility index (Phi) is 8.25. The molecule has 0 aromatic heterocycles. The van der Waals surface area contributed by atoms with Gasteiger partial charge in [0.1, 0.15) is 6.61 Å². The maximum Gasteiger partial charge on any atom is 0.167 e. The molecule has 1 aliphatic heterocycles. The number of halogens is 3. The van der Waals surface area contributed by atoms with Crippen LogP contribution in [0.1, 0.15) is 11.1 Å². The molecule has 1 aliphatic rings. The van der Waals surface area contributed by atoms with Gasteiger partial charge in [-0.3, -0.25) is 0 Å². The van der Waals surface area contributed by atoms with E-state index in [-0.39, 0.29) is 0 Å². The standard InChI is InChI=1S/C25H25BrCl2N2O3/c1-31-24-9-7-21(26)20(25(24)33-16-17-2-4-18(27)5-3-17)15-29-19-6-8-23(22(28)14-19)30-10-12-32-13-11-30/h2-9,14,29H,10-13,15-16H2,1H3. The lowest BCUT2D eigenvalue weighted by Crippen LogP contribution is -2.36. The van der Waals surface area contributed by atoms with Gasteiger partial charge in [-0.25, -0.2) is 0 Å². The fraction of sp³-hybridized carbons (Fsp3) is 0.280. The fourth-order valence-corrected chi connectivity index (χ4v) is 4.55. The highest BCUT2D eigenvalue weighted by molar-refractivity contribution is 9.10. The molecule has 0 unspecified atom stereocenters. The van der Waals surface area contributed by atoms with Gasteiger partial charge in [-0.2, -0.15) is 0 Å². The van der Waals surface area contributed by atoms with E-state index in [0.717, 1.165) is 53.3 Å². The van der Waals surface area contributed by atoms with E-state index in [0.29, 0.717) is 34.7 Å². The summed E-state index contributed by atoms with van der Waals surface area (Å²) < 4.78 is 18.1. The van der Waals surface area contributed by atoms with Crippen LogP contribution in [0.5, 0.6) is 11.5 Å². The summed E-state index contributed by atoms with van der Waals surface area (Å²) in [5, 5.41) is 4.87. The summed E-state index contributed by atoms with van der Waals surface area (Å²) >= 11 is 16.3. The van der Waals surface area contributed by atoms with Gasteiger partial charge in [-0.1, -0.05) is 51.3 Å². The molecule has 0 atom stereocenters. The van der Waals surface area contributed by atoms with E-state index in [4.69, 9.17) is 37.4 Å². The van der Waals surface area contributed by atoms with Crippen LogP contribution in [0.15, 0.2) is 59.1 Å². The molecule has 0 aliphatic carbocycles. The number of ether oxygens (including phenoxy) is 3. The summed E-state index contributed by atoms with van der Waals surface area (Å²) in [4.78, 5) is 2.25. The van der Waals surface area contributed by atoms with Crippen molar-refractivity contribution >= 4 is 50.5 Å². The average Bonchev–Trinajstić information content (AvgIpc) is 2.83. The van der Waals surface area contributed by atoms with Crippen molar-refractivity contribution in [3.05, 3.63) is 80.2 Å².